The van der Waals surface area contributed by atoms with Crippen LogP contribution in [-0.4, -0.2) is 11.7 Å². The topological polar surface area (TPSA) is 38.3 Å². The summed E-state index contributed by atoms with van der Waals surface area (Å²) in [7, 11) is 0. The van der Waals surface area contributed by atoms with Gasteiger partial charge in [-0.1, -0.05) is 60.7 Å². The molecule has 0 spiro atoms. The van der Waals surface area contributed by atoms with Crippen molar-refractivity contribution >= 4 is 23.4 Å². The highest BCUT2D eigenvalue weighted by Gasteiger charge is 2.04. The molecular formula is C22H21NO2S. The third-order valence-corrected chi connectivity index (χ3v) is 4.73. The van der Waals surface area contributed by atoms with E-state index in [2.05, 4.69) is 17.4 Å². The molecule has 3 nitrogen and oxygen atoms in total. The van der Waals surface area contributed by atoms with Gasteiger partial charge in [0.05, 0.1) is 5.75 Å². The summed E-state index contributed by atoms with van der Waals surface area (Å²) in [6.07, 6.45) is 0. The first kappa shape index (κ1) is 18.1. The minimum absolute atomic E-state index is 0.00360. The summed E-state index contributed by atoms with van der Waals surface area (Å²) in [5.74, 6) is 2.05. The molecule has 4 heteroatoms. The molecule has 132 valence electrons. The van der Waals surface area contributed by atoms with Gasteiger partial charge in [-0.2, -0.15) is 0 Å². The minimum atomic E-state index is 0.00360. The van der Waals surface area contributed by atoms with Crippen molar-refractivity contribution < 1.29 is 9.53 Å². The SMILES string of the molecule is O=C(CSCc1ccccc1)Nc1ccc(OCc2ccccc2)cc1. The van der Waals surface area contributed by atoms with E-state index in [9.17, 15) is 4.79 Å². The molecule has 0 saturated heterocycles. The summed E-state index contributed by atoms with van der Waals surface area (Å²) in [6, 6.07) is 27.6. The Morgan fingerprint density at radius 1 is 0.808 bits per heavy atom. The molecule has 0 aromatic heterocycles. The molecule has 0 aliphatic carbocycles. The van der Waals surface area contributed by atoms with E-state index < -0.39 is 0 Å². The highest BCUT2D eigenvalue weighted by molar-refractivity contribution is 7.99. The van der Waals surface area contributed by atoms with Gasteiger partial charge in [0.25, 0.3) is 0 Å². The van der Waals surface area contributed by atoms with Crippen LogP contribution >= 0.6 is 11.8 Å². The van der Waals surface area contributed by atoms with Gasteiger partial charge in [-0.25, -0.2) is 0 Å². The molecule has 0 saturated carbocycles. The Labute approximate surface area is 158 Å². The Kier molecular flexibility index (Phi) is 6.73. The van der Waals surface area contributed by atoms with Crippen LogP contribution in [-0.2, 0) is 17.2 Å². The lowest BCUT2D eigenvalue weighted by Crippen LogP contribution is -2.14. The number of carbonyl (C=O) groups is 1. The first-order chi connectivity index (χ1) is 12.8. The maximum Gasteiger partial charge on any atom is 0.234 e. The Morgan fingerprint density at radius 3 is 2.08 bits per heavy atom. The van der Waals surface area contributed by atoms with E-state index in [1.165, 1.54) is 5.56 Å². The van der Waals surface area contributed by atoms with Crippen LogP contribution in [0.3, 0.4) is 0 Å². The lowest BCUT2D eigenvalue weighted by molar-refractivity contribution is -0.113. The zero-order valence-corrected chi connectivity index (χ0v) is 15.2. The number of amides is 1. The third-order valence-electron chi connectivity index (χ3n) is 3.73. The molecular weight excluding hydrogens is 342 g/mol. The standard InChI is InChI=1S/C22H21NO2S/c24-22(17-26-16-19-9-5-2-6-10-19)23-20-11-13-21(14-12-20)25-15-18-7-3-1-4-8-18/h1-14H,15-17H2,(H,23,24). The fourth-order valence-electron chi connectivity index (χ4n) is 2.41. The van der Waals surface area contributed by atoms with Crippen molar-refractivity contribution in [2.24, 2.45) is 0 Å². The zero-order chi connectivity index (χ0) is 18.0. The van der Waals surface area contributed by atoms with Crippen LogP contribution < -0.4 is 10.1 Å². The van der Waals surface area contributed by atoms with Gasteiger partial charge in [0.1, 0.15) is 12.4 Å². The fraction of sp³-hybridized carbons (Fsp3) is 0.136. The Hall–Kier alpha value is -2.72. The normalized spacial score (nSPS) is 10.3. The molecule has 3 aromatic carbocycles. The molecule has 3 aromatic rings. The van der Waals surface area contributed by atoms with E-state index in [1.54, 1.807) is 11.8 Å². The monoisotopic (exact) mass is 363 g/mol. The largest absolute Gasteiger partial charge is 0.489 e. The molecule has 0 fully saturated rings. The first-order valence-corrected chi connectivity index (χ1v) is 9.63. The van der Waals surface area contributed by atoms with Gasteiger partial charge < -0.3 is 10.1 Å². The van der Waals surface area contributed by atoms with Crippen LogP contribution in [0.25, 0.3) is 0 Å². The second-order valence-electron chi connectivity index (χ2n) is 5.83. The predicted molar refractivity (Wildman–Crippen MR) is 108 cm³/mol. The minimum Gasteiger partial charge on any atom is -0.489 e. The second kappa shape index (κ2) is 9.68. The second-order valence-corrected chi connectivity index (χ2v) is 6.81. The van der Waals surface area contributed by atoms with Crippen LogP contribution in [0.15, 0.2) is 84.9 Å². The summed E-state index contributed by atoms with van der Waals surface area (Å²) in [5, 5.41) is 2.91. The van der Waals surface area contributed by atoms with Crippen LogP contribution in [0.5, 0.6) is 5.75 Å². The maximum atomic E-state index is 12.0. The summed E-state index contributed by atoms with van der Waals surface area (Å²) < 4.78 is 5.75. The van der Waals surface area contributed by atoms with Crippen molar-refractivity contribution in [3.05, 3.63) is 96.1 Å². The lowest BCUT2D eigenvalue weighted by atomic mass is 10.2. The van der Waals surface area contributed by atoms with E-state index in [1.807, 2.05) is 72.8 Å². The quantitative estimate of drug-likeness (QED) is 0.602. The Bertz CT molecular complexity index is 805. The lowest BCUT2D eigenvalue weighted by Gasteiger charge is -2.08. The number of ether oxygens (including phenoxy) is 1. The number of rotatable bonds is 8. The molecule has 1 N–H and O–H groups in total. The van der Waals surface area contributed by atoms with Gasteiger partial charge in [-0.15, -0.1) is 11.8 Å². The van der Waals surface area contributed by atoms with E-state index >= 15 is 0 Å². The maximum absolute atomic E-state index is 12.0. The van der Waals surface area contributed by atoms with Crippen LogP contribution in [0.4, 0.5) is 5.69 Å². The first-order valence-electron chi connectivity index (χ1n) is 8.48. The van der Waals surface area contributed by atoms with E-state index in [4.69, 9.17) is 4.74 Å². The van der Waals surface area contributed by atoms with E-state index in [0.29, 0.717) is 12.4 Å². The smallest absolute Gasteiger partial charge is 0.234 e. The van der Waals surface area contributed by atoms with Crippen LogP contribution in [0.2, 0.25) is 0 Å². The van der Waals surface area contributed by atoms with Crippen molar-refractivity contribution in [3.8, 4) is 5.75 Å². The van der Waals surface area contributed by atoms with Gasteiger partial charge in [-0.3, -0.25) is 4.79 Å². The molecule has 0 unspecified atom stereocenters. The van der Waals surface area contributed by atoms with Gasteiger partial charge in [0.2, 0.25) is 5.91 Å². The van der Waals surface area contributed by atoms with Gasteiger partial charge in [0.15, 0.2) is 0 Å². The molecule has 26 heavy (non-hydrogen) atoms. The van der Waals surface area contributed by atoms with Crippen LogP contribution in [0.1, 0.15) is 11.1 Å². The summed E-state index contributed by atoms with van der Waals surface area (Å²) >= 11 is 1.61. The summed E-state index contributed by atoms with van der Waals surface area (Å²) in [5.41, 5.74) is 3.13. The van der Waals surface area contributed by atoms with Gasteiger partial charge in [-0.05, 0) is 35.4 Å². The van der Waals surface area contributed by atoms with Crippen molar-refractivity contribution in [2.45, 2.75) is 12.4 Å². The number of hydrogen-bond acceptors (Lipinski definition) is 3. The third kappa shape index (κ3) is 5.97. The van der Waals surface area contributed by atoms with Crippen LogP contribution in [0, 0.1) is 0 Å². The van der Waals surface area contributed by atoms with Crippen molar-refractivity contribution in [3.63, 3.8) is 0 Å². The molecule has 0 atom stereocenters. The zero-order valence-electron chi connectivity index (χ0n) is 14.4. The molecule has 0 heterocycles. The summed E-state index contributed by atoms with van der Waals surface area (Å²) in [4.78, 5) is 12.0. The van der Waals surface area contributed by atoms with Gasteiger partial charge in [0, 0.05) is 11.4 Å². The molecule has 0 radical (unpaired) electrons. The van der Waals surface area contributed by atoms with Crippen molar-refractivity contribution in [2.75, 3.05) is 11.1 Å². The number of carbonyl (C=O) groups excluding carboxylic acids is 1. The molecule has 0 aliphatic heterocycles. The number of thioether (sulfide) groups is 1. The highest BCUT2D eigenvalue weighted by atomic mass is 32.2. The van der Waals surface area contributed by atoms with E-state index in [-0.39, 0.29) is 5.91 Å². The Balaban J connectivity index is 1.41. The van der Waals surface area contributed by atoms with Gasteiger partial charge >= 0.3 is 0 Å². The average Bonchev–Trinajstić information content (AvgIpc) is 2.69. The number of anilines is 1. The number of hydrogen-bond donors (Lipinski definition) is 1. The summed E-state index contributed by atoms with van der Waals surface area (Å²) in [6.45, 7) is 0.530. The number of benzene rings is 3. The predicted octanol–water partition coefficient (Wildman–Crippen LogP) is 5.14. The molecule has 1 amide bonds. The molecule has 3 rings (SSSR count). The average molecular weight is 363 g/mol. The van der Waals surface area contributed by atoms with E-state index in [0.717, 1.165) is 22.8 Å². The number of nitrogens with one attached hydrogen (secondary N) is 1. The fourth-order valence-corrected chi connectivity index (χ4v) is 3.20. The Morgan fingerprint density at radius 2 is 1.42 bits per heavy atom. The van der Waals surface area contributed by atoms with Crippen molar-refractivity contribution in [1.29, 1.82) is 0 Å². The molecule has 0 aliphatic rings. The highest BCUT2D eigenvalue weighted by Crippen LogP contribution is 2.18. The molecule has 0 bridgehead atoms. The van der Waals surface area contributed by atoms with Crippen molar-refractivity contribution in [1.82, 2.24) is 0 Å².